The van der Waals surface area contributed by atoms with Gasteiger partial charge in [0.05, 0.1) is 31.4 Å². The number of nitrogens with one attached hydrogen (secondary N) is 2. The molecule has 146 valence electrons. The third-order valence-electron chi connectivity index (χ3n) is 4.95. The predicted molar refractivity (Wildman–Crippen MR) is 100 cm³/mol. The number of carbonyl (C=O) groups is 1. The van der Waals surface area contributed by atoms with Crippen LogP contribution in [0.2, 0.25) is 0 Å². The maximum atomic E-state index is 13.4. The van der Waals surface area contributed by atoms with Gasteiger partial charge in [-0.05, 0) is 24.3 Å². The number of rotatable bonds is 4. The molecule has 3 aromatic rings. The lowest BCUT2D eigenvalue weighted by Crippen LogP contribution is -3.12. The lowest BCUT2D eigenvalue weighted by Gasteiger charge is -2.28. The van der Waals surface area contributed by atoms with Crippen molar-refractivity contribution in [2.24, 2.45) is 0 Å². The van der Waals surface area contributed by atoms with Gasteiger partial charge in [0, 0.05) is 6.20 Å². The van der Waals surface area contributed by atoms with Crippen molar-refractivity contribution in [3.8, 4) is 0 Å². The summed E-state index contributed by atoms with van der Waals surface area (Å²) in [7, 11) is 0. The Kier molecular flexibility index (Phi) is 4.68. The molecule has 0 aliphatic carbocycles. The molecule has 7 nitrogen and oxygen atoms in total. The second-order valence-electron chi connectivity index (χ2n) is 7.02. The quantitative estimate of drug-likeness (QED) is 0.631. The molecule has 9 heteroatoms. The zero-order valence-corrected chi connectivity index (χ0v) is 15.2. The van der Waals surface area contributed by atoms with Gasteiger partial charge in [0.2, 0.25) is 5.82 Å². The summed E-state index contributed by atoms with van der Waals surface area (Å²) in [4.78, 5) is 22.4. The average molecular weight is 387 g/mol. The first kappa shape index (κ1) is 18.3. The number of alkyl halides is 2. The molecule has 1 aliphatic heterocycles. The van der Waals surface area contributed by atoms with Gasteiger partial charge >= 0.3 is 0 Å². The van der Waals surface area contributed by atoms with Crippen LogP contribution in [0.1, 0.15) is 29.2 Å². The molecule has 4 N–H and O–H groups in total. The number of hydrogen-bond donors (Lipinski definition) is 3. The first-order valence-electron chi connectivity index (χ1n) is 9.12. The van der Waals surface area contributed by atoms with Crippen LogP contribution in [0.15, 0.2) is 42.6 Å². The van der Waals surface area contributed by atoms with Crippen molar-refractivity contribution in [3.63, 3.8) is 0 Å². The fourth-order valence-corrected chi connectivity index (χ4v) is 3.47. The van der Waals surface area contributed by atoms with Crippen molar-refractivity contribution in [2.45, 2.75) is 25.3 Å². The molecule has 1 amide bonds. The van der Waals surface area contributed by atoms with Crippen LogP contribution in [0.5, 0.6) is 0 Å². The summed E-state index contributed by atoms with van der Waals surface area (Å²) in [6.07, 6.45) is 1.51. The Morgan fingerprint density at radius 2 is 1.96 bits per heavy atom. The highest BCUT2D eigenvalue weighted by atomic mass is 19.3. The number of fused-ring (bicyclic) bond motifs is 1. The Morgan fingerprint density at radius 1 is 1.18 bits per heavy atom. The molecular weight excluding hydrogens is 366 g/mol. The van der Waals surface area contributed by atoms with Crippen molar-refractivity contribution in [1.82, 2.24) is 14.4 Å². The van der Waals surface area contributed by atoms with Crippen LogP contribution in [0, 0.1) is 0 Å². The van der Waals surface area contributed by atoms with Gasteiger partial charge in [0.25, 0.3) is 11.8 Å². The van der Waals surface area contributed by atoms with E-state index in [1.54, 1.807) is 28.8 Å². The van der Waals surface area contributed by atoms with E-state index in [0.29, 0.717) is 37.0 Å². The molecule has 0 unspecified atom stereocenters. The third kappa shape index (κ3) is 3.79. The van der Waals surface area contributed by atoms with Crippen molar-refractivity contribution in [2.75, 3.05) is 24.1 Å². The van der Waals surface area contributed by atoms with Crippen molar-refractivity contribution in [3.05, 3.63) is 54.1 Å². The molecule has 3 aromatic heterocycles. The highest BCUT2D eigenvalue weighted by molar-refractivity contribution is 6.02. The van der Waals surface area contributed by atoms with Gasteiger partial charge in [-0.2, -0.15) is 0 Å². The topological polar surface area (TPSA) is 89.7 Å². The standard InChI is InChI=1S/C19H20F2N6O/c20-19(21)7-10-26(11-8-19)12-13-14-4-1-2-9-27(14)17(23-13)18(28)25-16-6-3-5-15(22)24-16/h1-6,9H,7-8,10-12H2,(H3,22,24,25,28)/p+1. The highest BCUT2D eigenvalue weighted by Gasteiger charge is 2.37. The molecule has 0 aromatic carbocycles. The number of imidazole rings is 1. The number of piperidine rings is 1. The number of nitrogens with zero attached hydrogens (tertiary/aromatic N) is 3. The van der Waals surface area contributed by atoms with Crippen LogP contribution in [0.3, 0.4) is 0 Å². The largest absolute Gasteiger partial charge is 0.384 e. The fraction of sp³-hybridized carbons (Fsp3) is 0.316. The van der Waals surface area contributed by atoms with E-state index in [-0.39, 0.29) is 18.7 Å². The van der Waals surface area contributed by atoms with Crippen molar-refractivity contribution in [1.29, 1.82) is 0 Å². The number of halogens is 2. The number of nitrogens with two attached hydrogens (primary N) is 1. The molecule has 1 fully saturated rings. The number of aromatic nitrogens is 3. The number of quaternary nitrogens is 1. The van der Waals surface area contributed by atoms with E-state index in [0.717, 1.165) is 10.4 Å². The molecule has 0 radical (unpaired) electrons. The molecule has 1 saturated heterocycles. The molecular formula is C19H21F2N6O+. The summed E-state index contributed by atoms with van der Waals surface area (Å²) in [6, 6.07) is 10.5. The van der Waals surface area contributed by atoms with E-state index in [2.05, 4.69) is 15.3 Å². The molecule has 0 atom stereocenters. The highest BCUT2D eigenvalue weighted by Crippen LogP contribution is 2.23. The SMILES string of the molecule is Nc1cccc(NC(=O)c2nc(C[NH+]3CCC(F)(F)CC3)c3ccccn23)n1. The van der Waals surface area contributed by atoms with Crippen LogP contribution >= 0.6 is 0 Å². The van der Waals surface area contributed by atoms with Gasteiger partial charge in [-0.3, -0.25) is 9.20 Å². The lowest BCUT2D eigenvalue weighted by molar-refractivity contribution is -0.921. The van der Waals surface area contributed by atoms with Gasteiger partial charge < -0.3 is 16.0 Å². The normalized spacial score (nSPS) is 16.9. The molecule has 0 spiro atoms. The van der Waals surface area contributed by atoms with E-state index in [1.165, 1.54) is 0 Å². The molecule has 28 heavy (non-hydrogen) atoms. The maximum Gasteiger partial charge on any atom is 0.293 e. The molecule has 4 heterocycles. The minimum absolute atomic E-state index is 0.122. The molecule has 1 aliphatic rings. The zero-order chi connectivity index (χ0) is 19.7. The second kappa shape index (κ2) is 7.16. The molecule has 4 rings (SSSR count). The average Bonchev–Trinajstić information content (AvgIpc) is 3.02. The van der Waals surface area contributed by atoms with Crippen LogP contribution in [-0.4, -0.2) is 39.3 Å². The summed E-state index contributed by atoms with van der Waals surface area (Å²) < 4.78 is 28.5. The van der Waals surface area contributed by atoms with Gasteiger partial charge in [0.1, 0.15) is 23.9 Å². The minimum atomic E-state index is -2.57. The number of pyridine rings is 2. The van der Waals surface area contributed by atoms with Crippen molar-refractivity contribution >= 4 is 23.1 Å². The Bertz CT molecular complexity index is 1010. The fourth-order valence-electron chi connectivity index (χ4n) is 3.47. The predicted octanol–water partition coefficient (Wildman–Crippen LogP) is 1.38. The smallest absolute Gasteiger partial charge is 0.293 e. The first-order valence-corrected chi connectivity index (χ1v) is 9.12. The molecule has 0 saturated carbocycles. The van der Waals surface area contributed by atoms with Gasteiger partial charge in [-0.15, -0.1) is 0 Å². The van der Waals surface area contributed by atoms with Crippen molar-refractivity contribution < 1.29 is 18.5 Å². The van der Waals surface area contributed by atoms with Gasteiger partial charge in [0.15, 0.2) is 0 Å². The van der Waals surface area contributed by atoms with Gasteiger partial charge in [-0.1, -0.05) is 12.1 Å². The third-order valence-corrected chi connectivity index (χ3v) is 4.95. The Labute approximate surface area is 160 Å². The number of nitrogen functional groups attached to an aromatic ring is 1. The summed E-state index contributed by atoms with van der Waals surface area (Å²) >= 11 is 0. The number of amides is 1. The van der Waals surface area contributed by atoms with E-state index >= 15 is 0 Å². The summed E-state index contributed by atoms with van der Waals surface area (Å²) in [5.74, 6) is -2.13. The second-order valence-corrected chi connectivity index (χ2v) is 7.02. The van der Waals surface area contributed by atoms with Crippen LogP contribution in [0.4, 0.5) is 20.4 Å². The number of anilines is 2. The Balaban J connectivity index is 1.58. The summed E-state index contributed by atoms with van der Waals surface area (Å²) in [5, 5.41) is 2.70. The monoisotopic (exact) mass is 387 g/mol. The van der Waals surface area contributed by atoms with Crippen LogP contribution in [0.25, 0.3) is 5.52 Å². The Morgan fingerprint density at radius 3 is 2.71 bits per heavy atom. The number of hydrogen-bond acceptors (Lipinski definition) is 4. The lowest BCUT2D eigenvalue weighted by atomic mass is 10.1. The number of carbonyl (C=O) groups excluding carboxylic acids is 1. The van der Waals surface area contributed by atoms with E-state index < -0.39 is 11.8 Å². The summed E-state index contributed by atoms with van der Waals surface area (Å²) in [6.45, 7) is 1.26. The maximum absolute atomic E-state index is 13.4. The van der Waals surface area contributed by atoms with Gasteiger partial charge in [-0.25, -0.2) is 18.7 Å². The van der Waals surface area contributed by atoms with Crippen LogP contribution in [-0.2, 0) is 6.54 Å². The Hall–Kier alpha value is -3.07. The zero-order valence-electron chi connectivity index (χ0n) is 15.2. The van der Waals surface area contributed by atoms with Crippen LogP contribution < -0.4 is 16.0 Å². The first-order chi connectivity index (χ1) is 13.4. The minimum Gasteiger partial charge on any atom is -0.384 e. The summed E-state index contributed by atoms with van der Waals surface area (Å²) in [5.41, 5.74) is 7.16. The van der Waals surface area contributed by atoms with E-state index in [4.69, 9.17) is 5.73 Å². The van der Waals surface area contributed by atoms with E-state index in [9.17, 15) is 13.6 Å². The van der Waals surface area contributed by atoms with E-state index in [1.807, 2.05) is 18.2 Å². The number of likely N-dealkylation sites (tertiary alicyclic amines) is 1. The molecule has 0 bridgehead atoms.